The Morgan fingerprint density at radius 1 is 1.43 bits per heavy atom. The fourth-order valence-corrected chi connectivity index (χ4v) is 2.68. The lowest BCUT2D eigenvalue weighted by Gasteiger charge is -2.04. The van der Waals surface area contributed by atoms with Crippen molar-refractivity contribution >= 4 is 38.9 Å². The van der Waals surface area contributed by atoms with Crippen LogP contribution in [0.3, 0.4) is 0 Å². The van der Waals surface area contributed by atoms with Crippen LogP contribution < -0.4 is 5.32 Å². The molecule has 1 amide bonds. The van der Waals surface area contributed by atoms with Crippen LogP contribution in [0.15, 0.2) is 33.4 Å². The second kappa shape index (κ2) is 7.36. The number of anilines is 1. The van der Waals surface area contributed by atoms with Gasteiger partial charge in [-0.25, -0.2) is 4.39 Å². The maximum atomic E-state index is 13.8. The van der Waals surface area contributed by atoms with Crippen molar-refractivity contribution in [2.45, 2.75) is 6.42 Å². The molecular weight excluding hydrogens is 357 g/mol. The van der Waals surface area contributed by atoms with Gasteiger partial charge in [0, 0.05) is 17.5 Å². The third-order valence-electron chi connectivity index (χ3n) is 2.52. The Bertz CT molecular complexity index is 718. The SMILES string of the molecule is O=C(Nc1ccc(C#CCCO)c(F)c1)c1csc(Br)c1. The first-order chi connectivity index (χ1) is 10.1. The highest BCUT2D eigenvalue weighted by molar-refractivity contribution is 9.11. The molecule has 0 saturated heterocycles. The minimum atomic E-state index is -0.510. The summed E-state index contributed by atoms with van der Waals surface area (Å²) in [5, 5.41) is 13.0. The Balaban J connectivity index is 2.10. The number of carbonyl (C=O) groups excluding carboxylic acids is 1. The Kier molecular flexibility index (Phi) is 5.51. The quantitative estimate of drug-likeness (QED) is 0.813. The van der Waals surface area contributed by atoms with Crippen LogP contribution in [0, 0.1) is 17.7 Å². The lowest BCUT2D eigenvalue weighted by atomic mass is 10.2. The second-order valence-electron chi connectivity index (χ2n) is 4.06. The van der Waals surface area contributed by atoms with E-state index in [1.165, 1.54) is 23.5 Å². The van der Waals surface area contributed by atoms with Crippen LogP contribution in [0.2, 0.25) is 0 Å². The summed E-state index contributed by atoms with van der Waals surface area (Å²) in [5.74, 6) is 4.47. The molecule has 108 valence electrons. The molecule has 3 nitrogen and oxygen atoms in total. The molecule has 0 atom stereocenters. The molecule has 0 fully saturated rings. The predicted molar refractivity (Wildman–Crippen MR) is 85.0 cm³/mol. The zero-order valence-corrected chi connectivity index (χ0v) is 13.2. The first kappa shape index (κ1) is 15.7. The van der Waals surface area contributed by atoms with Gasteiger partial charge in [0.1, 0.15) is 5.82 Å². The molecule has 6 heteroatoms. The summed E-state index contributed by atoms with van der Waals surface area (Å²) in [7, 11) is 0. The van der Waals surface area contributed by atoms with Crippen molar-refractivity contribution in [2.75, 3.05) is 11.9 Å². The van der Waals surface area contributed by atoms with Crippen molar-refractivity contribution in [2.24, 2.45) is 0 Å². The average molecular weight is 368 g/mol. The maximum absolute atomic E-state index is 13.8. The monoisotopic (exact) mass is 367 g/mol. The molecule has 21 heavy (non-hydrogen) atoms. The van der Waals surface area contributed by atoms with Gasteiger partial charge in [-0.3, -0.25) is 4.79 Å². The molecule has 0 aliphatic carbocycles. The summed E-state index contributed by atoms with van der Waals surface area (Å²) >= 11 is 4.69. The summed E-state index contributed by atoms with van der Waals surface area (Å²) in [4.78, 5) is 11.9. The summed E-state index contributed by atoms with van der Waals surface area (Å²) in [6, 6.07) is 6.01. The molecule has 2 aromatic rings. The van der Waals surface area contributed by atoms with Gasteiger partial charge in [0.25, 0.3) is 5.91 Å². The van der Waals surface area contributed by atoms with E-state index in [1.54, 1.807) is 17.5 Å². The van der Waals surface area contributed by atoms with Crippen molar-refractivity contribution < 1.29 is 14.3 Å². The molecule has 0 unspecified atom stereocenters. The van der Waals surface area contributed by atoms with Crippen LogP contribution in [0.4, 0.5) is 10.1 Å². The number of aliphatic hydroxyl groups excluding tert-OH is 1. The number of rotatable bonds is 3. The number of nitrogens with one attached hydrogen (secondary N) is 1. The van der Waals surface area contributed by atoms with Crippen LogP contribution in [-0.4, -0.2) is 17.6 Å². The summed E-state index contributed by atoms with van der Waals surface area (Å²) in [6.45, 7) is -0.0566. The second-order valence-corrected chi connectivity index (χ2v) is 6.35. The largest absolute Gasteiger partial charge is 0.395 e. The van der Waals surface area contributed by atoms with Gasteiger partial charge in [-0.15, -0.1) is 11.3 Å². The summed E-state index contributed by atoms with van der Waals surface area (Å²) in [5.41, 5.74) is 1.12. The molecule has 0 bridgehead atoms. The van der Waals surface area contributed by atoms with Gasteiger partial charge in [0.15, 0.2) is 0 Å². The number of benzene rings is 1. The molecule has 0 spiro atoms. The van der Waals surface area contributed by atoms with Crippen molar-refractivity contribution in [3.8, 4) is 11.8 Å². The summed E-state index contributed by atoms with van der Waals surface area (Å²) < 4.78 is 14.7. The number of amides is 1. The van der Waals surface area contributed by atoms with Crippen molar-refractivity contribution in [3.63, 3.8) is 0 Å². The minimum Gasteiger partial charge on any atom is -0.395 e. The highest BCUT2D eigenvalue weighted by Gasteiger charge is 2.09. The number of halogens is 2. The summed E-state index contributed by atoms with van der Waals surface area (Å²) in [6.07, 6.45) is 0.297. The smallest absolute Gasteiger partial charge is 0.256 e. The van der Waals surface area contributed by atoms with Crippen LogP contribution >= 0.6 is 27.3 Å². The van der Waals surface area contributed by atoms with Gasteiger partial charge in [-0.2, -0.15) is 0 Å². The van der Waals surface area contributed by atoms with Crippen LogP contribution in [0.5, 0.6) is 0 Å². The zero-order valence-electron chi connectivity index (χ0n) is 10.8. The predicted octanol–water partition coefficient (Wildman–Crippen LogP) is 3.64. The number of carbonyl (C=O) groups is 1. The lowest BCUT2D eigenvalue weighted by molar-refractivity contribution is 0.102. The first-order valence-corrected chi connectivity index (χ1v) is 7.72. The van der Waals surface area contributed by atoms with E-state index in [0.29, 0.717) is 17.7 Å². The Morgan fingerprint density at radius 3 is 2.86 bits per heavy atom. The van der Waals surface area contributed by atoms with Gasteiger partial charge in [0.05, 0.1) is 21.5 Å². The molecule has 1 heterocycles. The van der Waals surface area contributed by atoms with E-state index in [-0.39, 0.29) is 18.1 Å². The number of hydrogen-bond acceptors (Lipinski definition) is 3. The van der Waals surface area contributed by atoms with Gasteiger partial charge in [-0.05, 0) is 40.2 Å². The zero-order chi connectivity index (χ0) is 15.2. The van der Waals surface area contributed by atoms with Gasteiger partial charge >= 0.3 is 0 Å². The van der Waals surface area contributed by atoms with E-state index in [1.807, 2.05) is 0 Å². The van der Waals surface area contributed by atoms with Crippen molar-refractivity contribution in [3.05, 3.63) is 50.4 Å². The standard InChI is InChI=1S/C15H11BrFNO2S/c16-14-7-11(9-21-14)15(20)18-12-5-4-10(13(17)8-12)3-1-2-6-19/h4-5,7-9,19H,2,6H2,(H,18,20). The van der Waals surface area contributed by atoms with E-state index >= 15 is 0 Å². The molecular formula is C15H11BrFNO2S. The normalized spacial score (nSPS) is 9.86. The van der Waals surface area contributed by atoms with E-state index < -0.39 is 5.82 Å². The topological polar surface area (TPSA) is 49.3 Å². The molecule has 1 aromatic carbocycles. The first-order valence-electron chi connectivity index (χ1n) is 6.05. The van der Waals surface area contributed by atoms with Gasteiger partial charge in [-0.1, -0.05) is 11.8 Å². The van der Waals surface area contributed by atoms with Crippen LogP contribution in [0.1, 0.15) is 22.3 Å². The van der Waals surface area contributed by atoms with Crippen molar-refractivity contribution in [1.29, 1.82) is 0 Å². The third kappa shape index (κ3) is 4.39. The van der Waals surface area contributed by atoms with E-state index in [4.69, 9.17) is 5.11 Å². The lowest BCUT2D eigenvalue weighted by Crippen LogP contribution is -2.11. The Labute approximate surface area is 133 Å². The molecule has 0 saturated carbocycles. The molecule has 0 aliphatic rings. The number of thiophene rings is 1. The maximum Gasteiger partial charge on any atom is 0.256 e. The van der Waals surface area contributed by atoms with E-state index in [0.717, 1.165) is 3.79 Å². The third-order valence-corrected chi connectivity index (χ3v) is 4.02. The minimum absolute atomic E-state index is 0.0566. The Hall–Kier alpha value is -1.68. The van der Waals surface area contributed by atoms with E-state index in [9.17, 15) is 9.18 Å². The average Bonchev–Trinajstić information content (AvgIpc) is 2.88. The molecule has 0 aliphatic heterocycles. The number of aliphatic hydroxyl groups is 1. The molecule has 2 rings (SSSR count). The molecule has 2 N–H and O–H groups in total. The highest BCUT2D eigenvalue weighted by atomic mass is 79.9. The Morgan fingerprint density at radius 2 is 2.24 bits per heavy atom. The molecule has 1 aromatic heterocycles. The van der Waals surface area contributed by atoms with Gasteiger partial charge < -0.3 is 10.4 Å². The highest BCUT2D eigenvalue weighted by Crippen LogP contribution is 2.22. The fourth-order valence-electron chi connectivity index (χ4n) is 1.54. The molecule has 0 radical (unpaired) electrons. The van der Waals surface area contributed by atoms with Crippen LogP contribution in [-0.2, 0) is 0 Å². The van der Waals surface area contributed by atoms with E-state index in [2.05, 4.69) is 33.1 Å². The fraction of sp³-hybridized carbons (Fsp3) is 0.133. The van der Waals surface area contributed by atoms with Gasteiger partial charge in [0.2, 0.25) is 0 Å². The van der Waals surface area contributed by atoms with Crippen molar-refractivity contribution in [1.82, 2.24) is 0 Å². The number of hydrogen-bond donors (Lipinski definition) is 2. The van der Waals surface area contributed by atoms with Crippen LogP contribution in [0.25, 0.3) is 0 Å².